The van der Waals surface area contributed by atoms with E-state index in [1.165, 1.54) is 11.0 Å². The molecule has 1 fully saturated rings. The smallest absolute Gasteiger partial charge is 0.274 e. The van der Waals surface area contributed by atoms with Crippen molar-refractivity contribution in [3.05, 3.63) is 41.2 Å². The molecule has 0 aliphatic carbocycles. The van der Waals surface area contributed by atoms with Crippen LogP contribution in [0.4, 0.5) is 5.82 Å². The molecule has 1 aromatic carbocycles. The zero-order chi connectivity index (χ0) is 27.6. The maximum atomic E-state index is 10.5. The number of oxazole rings is 1. The molecule has 1 aliphatic heterocycles. The van der Waals surface area contributed by atoms with Crippen LogP contribution >= 0.6 is 0 Å². The van der Waals surface area contributed by atoms with Crippen LogP contribution in [0, 0.1) is 11.8 Å². The molecule has 4 heterocycles. The van der Waals surface area contributed by atoms with Crippen LogP contribution in [0.2, 0.25) is 0 Å². The van der Waals surface area contributed by atoms with E-state index in [0.29, 0.717) is 11.0 Å². The molecule has 5 N–H and O–H groups in total. The van der Waals surface area contributed by atoms with Crippen molar-refractivity contribution in [3.63, 3.8) is 0 Å². The molecule has 1 saturated heterocycles. The number of nitrogens with zero attached hydrogens (tertiary/aromatic N) is 5. The fraction of sp³-hybridized carbons (Fsp3) is 0.481. The van der Waals surface area contributed by atoms with Gasteiger partial charge in [-0.3, -0.25) is 0 Å². The van der Waals surface area contributed by atoms with Gasteiger partial charge in [-0.1, -0.05) is 47.6 Å². The SMILES string of the molecule is CC(C)(C)c1cc(C(C)(C)C)c2oc(C#Cc3nn([C@@H]4O[C@H](CO)[C@@H](O)[C@H]4O)c4ncnc(N)c34)nc2c1. The Morgan fingerprint density at radius 1 is 1.03 bits per heavy atom. The van der Waals surface area contributed by atoms with Crippen molar-refractivity contribution in [3.8, 4) is 11.8 Å². The van der Waals surface area contributed by atoms with Crippen molar-refractivity contribution in [2.75, 3.05) is 12.3 Å². The van der Waals surface area contributed by atoms with Gasteiger partial charge >= 0.3 is 0 Å². The summed E-state index contributed by atoms with van der Waals surface area (Å²) in [5.74, 6) is 6.25. The zero-order valence-corrected chi connectivity index (χ0v) is 22.2. The number of anilines is 1. The molecule has 5 rings (SSSR count). The van der Waals surface area contributed by atoms with E-state index in [4.69, 9.17) is 14.9 Å². The monoisotopic (exact) mass is 520 g/mol. The van der Waals surface area contributed by atoms with Gasteiger partial charge in [0.15, 0.2) is 17.5 Å². The third-order valence-electron chi connectivity index (χ3n) is 6.73. The van der Waals surface area contributed by atoms with E-state index in [9.17, 15) is 15.3 Å². The maximum absolute atomic E-state index is 10.5. The first-order valence-electron chi connectivity index (χ1n) is 12.4. The fourth-order valence-electron chi connectivity index (χ4n) is 4.53. The summed E-state index contributed by atoms with van der Waals surface area (Å²) < 4.78 is 13.0. The highest BCUT2D eigenvalue weighted by Gasteiger charge is 2.44. The van der Waals surface area contributed by atoms with Crippen LogP contribution in [0.15, 0.2) is 22.9 Å². The number of aromatic nitrogens is 5. The van der Waals surface area contributed by atoms with Gasteiger partial charge in [0.05, 0.1) is 12.0 Å². The van der Waals surface area contributed by atoms with Gasteiger partial charge in [0.25, 0.3) is 5.89 Å². The first-order valence-corrected chi connectivity index (χ1v) is 12.4. The number of hydrogen-bond acceptors (Lipinski definition) is 10. The molecular formula is C27H32N6O5. The van der Waals surface area contributed by atoms with E-state index in [0.717, 1.165) is 16.6 Å². The lowest BCUT2D eigenvalue weighted by Crippen LogP contribution is -2.33. The molecule has 11 nitrogen and oxygen atoms in total. The van der Waals surface area contributed by atoms with E-state index in [1.54, 1.807) is 0 Å². The van der Waals surface area contributed by atoms with Crippen molar-refractivity contribution in [2.45, 2.75) is 76.9 Å². The van der Waals surface area contributed by atoms with Crippen LogP contribution in [0.25, 0.3) is 22.1 Å². The van der Waals surface area contributed by atoms with Crippen LogP contribution in [0.5, 0.6) is 0 Å². The van der Waals surface area contributed by atoms with E-state index in [1.807, 2.05) is 6.07 Å². The molecule has 0 bridgehead atoms. The standard InChI is InChI=1S/C27H32N6O5/c1-26(2,3)13-9-14(27(4,5)6)22-16(10-13)31-18(38-22)8-7-15-19-23(28)29-12-30-24(19)33(32-15)25-21(36)20(35)17(11-34)37-25/h9-10,12,17,20-21,25,34-36H,11H2,1-6H3,(H2,28,29,30)/t17-,20-,21-,25-/m1/s1. The summed E-state index contributed by atoms with van der Waals surface area (Å²) in [5, 5.41) is 35.0. The molecule has 0 spiro atoms. The molecule has 1 aliphatic rings. The average Bonchev–Trinajstić information content (AvgIpc) is 3.50. The minimum atomic E-state index is -1.35. The second-order valence-corrected chi connectivity index (χ2v) is 11.6. The van der Waals surface area contributed by atoms with Crippen LogP contribution in [0.1, 0.15) is 70.5 Å². The Kier molecular flexibility index (Phi) is 6.19. The Morgan fingerprint density at radius 2 is 1.76 bits per heavy atom. The van der Waals surface area contributed by atoms with Crippen molar-refractivity contribution in [1.82, 2.24) is 24.7 Å². The third kappa shape index (κ3) is 4.39. The molecule has 200 valence electrons. The largest absolute Gasteiger partial charge is 0.430 e. The van der Waals surface area contributed by atoms with Gasteiger partial charge in [-0.05, 0) is 34.3 Å². The summed E-state index contributed by atoms with van der Waals surface area (Å²) in [5.41, 5.74) is 9.96. The predicted octanol–water partition coefficient (Wildman–Crippen LogP) is 2.16. The van der Waals surface area contributed by atoms with E-state index >= 15 is 0 Å². The highest BCUT2D eigenvalue weighted by Crippen LogP contribution is 2.36. The van der Waals surface area contributed by atoms with Crippen LogP contribution in [0.3, 0.4) is 0 Å². The Labute approximate surface area is 219 Å². The van der Waals surface area contributed by atoms with Gasteiger partial charge in [0.1, 0.15) is 41.7 Å². The third-order valence-corrected chi connectivity index (χ3v) is 6.73. The second kappa shape index (κ2) is 9.03. The highest BCUT2D eigenvalue weighted by molar-refractivity contribution is 5.90. The summed E-state index contributed by atoms with van der Waals surface area (Å²) in [6, 6.07) is 4.19. The number of fused-ring (bicyclic) bond motifs is 2. The highest BCUT2D eigenvalue weighted by atomic mass is 16.6. The minimum absolute atomic E-state index is 0.0717. The lowest BCUT2D eigenvalue weighted by molar-refractivity contribution is -0.0567. The van der Waals surface area contributed by atoms with E-state index < -0.39 is 31.1 Å². The van der Waals surface area contributed by atoms with Gasteiger partial charge in [-0.2, -0.15) is 5.10 Å². The lowest BCUT2D eigenvalue weighted by atomic mass is 9.80. The minimum Gasteiger partial charge on any atom is -0.430 e. The Hall–Kier alpha value is -3.56. The molecule has 3 aromatic heterocycles. The molecule has 38 heavy (non-hydrogen) atoms. The van der Waals surface area contributed by atoms with Gasteiger partial charge in [0, 0.05) is 5.56 Å². The van der Waals surface area contributed by atoms with Crippen molar-refractivity contribution < 1.29 is 24.5 Å². The van der Waals surface area contributed by atoms with Gasteiger partial charge < -0.3 is 30.2 Å². The molecule has 4 aromatic rings. The number of ether oxygens (including phenoxy) is 1. The number of nitrogens with two attached hydrogens (primary N) is 1. The number of rotatable bonds is 2. The van der Waals surface area contributed by atoms with Crippen molar-refractivity contribution in [2.24, 2.45) is 0 Å². The first-order chi connectivity index (χ1) is 17.8. The first kappa shape index (κ1) is 26.1. The second-order valence-electron chi connectivity index (χ2n) is 11.6. The summed E-state index contributed by atoms with van der Waals surface area (Å²) in [6.07, 6.45) is -3.47. The van der Waals surface area contributed by atoms with Crippen LogP contribution < -0.4 is 5.73 Å². The number of aliphatic hydroxyl groups excluding tert-OH is 3. The summed E-state index contributed by atoms with van der Waals surface area (Å²) >= 11 is 0. The molecule has 4 atom stereocenters. The van der Waals surface area contributed by atoms with Gasteiger partial charge in [0.2, 0.25) is 0 Å². The zero-order valence-electron chi connectivity index (χ0n) is 22.2. The number of benzene rings is 1. The number of nitrogen functional groups attached to an aromatic ring is 1. The topological polar surface area (TPSA) is 166 Å². The predicted molar refractivity (Wildman–Crippen MR) is 140 cm³/mol. The van der Waals surface area contributed by atoms with E-state index in [2.05, 4.69) is 79.5 Å². The molecule has 11 heteroatoms. The Bertz CT molecular complexity index is 1580. The summed E-state index contributed by atoms with van der Waals surface area (Å²) in [4.78, 5) is 12.9. The number of hydrogen-bond donors (Lipinski definition) is 4. The summed E-state index contributed by atoms with van der Waals surface area (Å²) in [7, 11) is 0. The molecule has 0 saturated carbocycles. The Morgan fingerprint density at radius 3 is 2.39 bits per heavy atom. The molecular weight excluding hydrogens is 488 g/mol. The molecule has 0 unspecified atom stereocenters. The lowest BCUT2D eigenvalue weighted by Gasteiger charge is -2.24. The molecule has 0 amide bonds. The van der Waals surface area contributed by atoms with Crippen molar-refractivity contribution >= 4 is 28.0 Å². The summed E-state index contributed by atoms with van der Waals surface area (Å²) in [6.45, 7) is 12.4. The van der Waals surface area contributed by atoms with Crippen molar-refractivity contribution in [1.29, 1.82) is 0 Å². The maximum Gasteiger partial charge on any atom is 0.274 e. The quantitative estimate of drug-likeness (QED) is 0.288. The number of aliphatic hydroxyl groups is 3. The molecule has 0 radical (unpaired) electrons. The van der Waals surface area contributed by atoms with Gasteiger partial charge in [-0.25, -0.2) is 19.6 Å². The van der Waals surface area contributed by atoms with Crippen LogP contribution in [-0.4, -0.2) is 65.0 Å². The van der Waals surface area contributed by atoms with Crippen LogP contribution in [-0.2, 0) is 15.6 Å². The van der Waals surface area contributed by atoms with E-state index in [-0.39, 0.29) is 33.9 Å². The average molecular weight is 521 g/mol. The normalized spacial score (nSPS) is 22.2. The van der Waals surface area contributed by atoms with Gasteiger partial charge in [-0.15, -0.1) is 0 Å². The Balaban J connectivity index is 1.62. The fourth-order valence-corrected chi connectivity index (χ4v) is 4.53.